The van der Waals surface area contributed by atoms with E-state index in [0.29, 0.717) is 6.04 Å². The number of benzene rings is 1. The number of rotatable bonds is 6. The van der Waals surface area contributed by atoms with Gasteiger partial charge in [0.15, 0.2) is 0 Å². The maximum Gasteiger partial charge on any atom is 0.0107 e. The van der Waals surface area contributed by atoms with Crippen molar-refractivity contribution in [1.29, 1.82) is 0 Å². The Morgan fingerprint density at radius 1 is 1.16 bits per heavy atom. The Kier molecular flexibility index (Phi) is 6.25. The second-order valence-electron chi connectivity index (χ2n) is 5.65. The van der Waals surface area contributed by atoms with Crippen LogP contribution < -0.4 is 5.32 Å². The summed E-state index contributed by atoms with van der Waals surface area (Å²) < 4.78 is 0. The predicted octanol–water partition coefficient (Wildman–Crippen LogP) is 3.91. The molecule has 1 atom stereocenters. The van der Waals surface area contributed by atoms with Gasteiger partial charge in [-0.15, -0.1) is 0 Å². The largest absolute Gasteiger partial charge is 0.317 e. The van der Waals surface area contributed by atoms with Gasteiger partial charge in [-0.1, -0.05) is 31.2 Å². The van der Waals surface area contributed by atoms with Crippen molar-refractivity contribution >= 4 is 11.8 Å². The molecule has 1 heterocycles. The summed E-state index contributed by atoms with van der Waals surface area (Å²) in [7, 11) is 2.11. The molecule has 1 fully saturated rings. The van der Waals surface area contributed by atoms with E-state index in [1.54, 1.807) is 0 Å². The van der Waals surface area contributed by atoms with Crippen LogP contribution in [0.1, 0.15) is 37.3 Å². The predicted molar refractivity (Wildman–Crippen MR) is 87.0 cm³/mol. The molecule has 0 amide bonds. The summed E-state index contributed by atoms with van der Waals surface area (Å²) >= 11 is 2.12. The minimum atomic E-state index is 0.639. The number of thioether (sulfide) groups is 1. The Morgan fingerprint density at radius 3 is 2.37 bits per heavy atom. The lowest BCUT2D eigenvalue weighted by molar-refractivity contribution is 0.376. The normalized spacial score (nSPS) is 18.4. The molecule has 0 aliphatic carbocycles. The molecule has 1 nitrogen and oxygen atoms in total. The lowest BCUT2D eigenvalue weighted by Gasteiger charge is -2.26. The quantitative estimate of drug-likeness (QED) is 0.846. The van der Waals surface area contributed by atoms with Crippen LogP contribution in [0.15, 0.2) is 24.3 Å². The molecular weight excluding hydrogens is 250 g/mol. The molecule has 0 spiro atoms. The molecule has 0 saturated carbocycles. The second kappa shape index (κ2) is 7.96. The van der Waals surface area contributed by atoms with Crippen LogP contribution in [0.2, 0.25) is 0 Å². The Bertz CT molecular complexity index is 354. The van der Waals surface area contributed by atoms with Crippen LogP contribution in [0, 0.1) is 5.92 Å². The Hall–Kier alpha value is -0.470. The van der Waals surface area contributed by atoms with Crippen LogP contribution in [-0.2, 0) is 12.8 Å². The molecule has 19 heavy (non-hydrogen) atoms. The Morgan fingerprint density at radius 2 is 1.79 bits per heavy atom. The number of likely N-dealkylation sites (N-methyl/N-ethyl adjacent to an activating group) is 1. The van der Waals surface area contributed by atoms with Gasteiger partial charge in [-0.3, -0.25) is 0 Å². The number of aryl methyl sites for hydroxylation is 1. The average molecular weight is 277 g/mol. The van der Waals surface area contributed by atoms with E-state index >= 15 is 0 Å². The molecule has 0 radical (unpaired) electrons. The fourth-order valence-corrected chi connectivity index (χ4v) is 4.09. The number of hydrogen-bond donors (Lipinski definition) is 1. The highest BCUT2D eigenvalue weighted by Gasteiger charge is 2.18. The SMILES string of the molecule is CCc1ccc(CC(CC2CCSCC2)NC)cc1. The zero-order valence-corrected chi connectivity index (χ0v) is 13.1. The molecule has 2 rings (SSSR count). The maximum atomic E-state index is 3.52. The van der Waals surface area contributed by atoms with E-state index in [-0.39, 0.29) is 0 Å². The van der Waals surface area contributed by atoms with E-state index < -0.39 is 0 Å². The fourth-order valence-electron chi connectivity index (χ4n) is 2.88. The van der Waals surface area contributed by atoms with E-state index in [2.05, 4.69) is 55.3 Å². The van der Waals surface area contributed by atoms with Gasteiger partial charge in [0.2, 0.25) is 0 Å². The first kappa shape index (κ1) is 14.9. The number of nitrogens with one attached hydrogen (secondary N) is 1. The van der Waals surface area contributed by atoms with Gasteiger partial charge < -0.3 is 5.32 Å². The highest BCUT2D eigenvalue weighted by molar-refractivity contribution is 7.99. The van der Waals surface area contributed by atoms with Crippen LogP contribution >= 0.6 is 11.8 Å². The lowest BCUT2D eigenvalue weighted by Crippen LogP contribution is -2.31. The summed E-state index contributed by atoms with van der Waals surface area (Å²) in [6.07, 6.45) is 6.47. The molecule has 0 aromatic heterocycles. The van der Waals surface area contributed by atoms with E-state index in [1.165, 1.54) is 48.3 Å². The minimum absolute atomic E-state index is 0.639. The van der Waals surface area contributed by atoms with Crippen LogP contribution in [0.25, 0.3) is 0 Å². The Labute approximate surface area is 122 Å². The molecule has 1 aliphatic heterocycles. The summed E-state index contributed by atoms with van der Waals surface area (Å²) in [5.41, 5.74) is 2.91. The second-order valence-corrected chi connectivity index (χ2v) is 6.88. The maximum absolute atomic E-state index is 3.52. The molecule has 1 aromatic carbocycles. The van der Waals surface area contributed by atoms with Gasteiger partial charge >= 0.3 is 0 Å². The van der Waals surface area contributed by atoms with Crippen LogP contribution in [-0.4, -0.2) is 24.6 Å². The zero-order valence-electron chi connectivity index (χ0n) is 12.3. The smallest absolute Gasteiger partial charge is 0.0107 e. The third-order valence-corrected chi connectivity index (χ3v) is 5.33. The van der Waals surface area contributed by atoms with Crippen molar-refractivity contribution in [1.82, 2.24) is 5.32 Å². The summed E-state index contributed by atoms with van der Waals surface area (Å²) in [6, 6.07) is 9.80. The molecule has 1 saturated heterocycles. The lowest BCUT2D eigenvalue weighted by atomic mass is 9.91. The first-order valence-electron chi connectivity index (χ1n) is 7.64. The summed E-state index contributed by atoms with van der Waals surface area (Å²) in [6.45, 7) is 2.21. The van der Waals surface area contributed by atoms with Crippen molar-refractivity contribution in [2.75, 3.05) is 18.6 Å². The molecule has 1 aromatic rings. The van der Waals surface area contributed by atoms with Gasteiger partial charge in [0.05, 0.1) is 0 Å². The first-order chi connectivity index (χ1) is 9.31. The molecule has 1 N–H and O–H groups in total. The average Bonchev–Trinajstić information content (AvgIpc) is 2.48. The molecule has 2 heteroatoms. The topological polar surface area (TPSA) is 12.0 Å². The van der Waals surface area contributed by atoms with Crippen molar-refractivity contribution in [2.24, 2.45) is 5.92 Å². The standard InChI is InChI=1S/C17H27NS/c1-3-14-4-6-15(7-5-14)12-17(18-2)13-16-8-10-19-11-9-16/h4-7,16-18H,3,8-13H2,1-2H3. The van der Waals surface area contributed by atoms with Crippen LogP contribution in [0.4, 0.5) is 0 Å². The number of hydrogen-bond acceptors (Lipinski definition) is 2. The van der Waals surface area contributed by atoms with Crippen molar-refractivity contribution in [2.45, 2.75) is 45.1 Å². The van der Waals surface area contributed by atoms with Crippen LogP contribution in [0.3, 0.4) is 0 Å². The minimum Gasteiger partial charge on any atom is -0.317 e. The van der Waals surface area contributed by atoms with E-state index in [1.807, 2.05) is 0 Å². The van der Waals surface area contributed by atoms with E-state index in [4.69, 9.17) is 0 Å². The third kappa shape index (κ3) is 4.85. The molecule has 0 bridgehead atoms. The van der Waals surface area contributed by atoms with E-state index in [9.17, 15) is 0 Å². The molecule has 106 valence electrons. The van der Waals surface area contributed by atoms with Crippen molar-refractivity contribution < 1.29 is 0 Å². The van der Waals surface area contributed by atoms with Gasteiger partial charge in [0, 0.05) is 6.04 Å². The van der Waals surface area contributed by atoms with Gasteiger partial charge in [-0.25, -0.2) is 0 Å². The first-order valence-corrected chi connectivity index (χ1v) is 8.80. The molecule has 1 aliphatic rings. The third-order valence-electron chi connectivity index (χ3n) is 4.28. The van der Waals surface area contributed by atoms with Crippen molar-refractivity contribution in [3.63, 3.8) is 0 Å². The van der Waals surface area contributed by atoms with Gasteiger partial charge in [0.1, 0.15) is 0 Å². The fraction of sp³-hybridized carbons (Fsp3) is 0.647. The summed E-state index contributed by atoms with van der Waals surface area (Å²) in [5.74, 6) is 3.67. The highest BCUT2D eigenvalue weighted by atomic mass is 32.2. The zero-order chi connectivity index (χ0) is 13.5. The van der Waals surface area contributed by atoms with Gasteiger partial charge in [-0.05, 0) is 67.7 Å². The van der Waals surface area contributed by atoms with Crippen molar-refractivity contribution in [3.05, 3.63) is 35.4 Å². The monoisotopic (exact) mass is 277 g/mol. The highest BCUT2D eigenvalue weighted by Crippen LogP contribution is 2.27. The summed E-state index contributed by atoms with van der Waals surface area (Å²) in [4.78, 5) is 0. The van der Waals surface area contributed by atoms with Gasteiger partial charge in [0.25, 0.3) is 0 Å². The molecular formula is C17H27NS. The van der Waals surface area contributed by atoms with E-state index in [0.717, 1.165) is 12.3 Å². The summed E-state index contributed by atoms with van der Waals surface area (Å²) in [5, 5.41) is 3.52. The Balaban J connectivity index is 1.86. The van der Waals surface area contributed by atoms with Gasteiger partial charge in [-0.2, -0.15) is 11.8 Å². The van der Waals surface area contributed by atoms with Crippen LogP contribution in [0.5, 0.6) is 0 Å². The molecule has 1 unspecified atom stereocenters. The van der Waals surface area contributed by atoms with Crippen molar-refractivity contribution in [3.8, 4) is 0 Å².